The van der Waals surface area contributed by atoms with Crippen molar-refractivity contribution in [2.75, 3.05) is 18.0 Å². The van der Waals surface area contributed by atoms with Crippen LogP contribution in [0, 0.1) is 0 Å². The highest BCUT2D eigenvalue weighted by Gasteiger charge is 2.39. The standard InChI is InChI=1S/C12H13F2N5O2/c13-12(14)3-7(15)5-18(6-12)9-1-2-19-10(17-9)8(4-16-19)11(20)21/h1-2,4,7H,3,5-6,15H2,(H,20,21)/t7-/m1/s1. The second-order valence-corrected chi connectivity index (χ2v) is 5.12. The summed E-state index contributed by atoms with van der Waals surface area (Å²) in [6.07, 6.45) is 2.30. The van der Waals surface area contributed by atoms with Gasteiger partial charge in [0.2, 0.25) is 0 Å². The van der Waals surface area contributed by atoms with Crippen molar-refractivity contribution in [1.82, 2.24) is 14.6 Å². The van der Waals surface area contributed by atoms with Gasteiger partial charge in [-0.05, 0) is 6.07 Å². The predicted octanol–water partition coefficient (Wildman–Crippen LogP) is 0.600. The zero-order valence-corrected chi connectivity index (χ0v) is 10.9. The van der Waals surface area contributed by atoms with E-state index in [2.05, 4.69) is 10.1 Å². The average molecular weight is 297 g/mol. The largest absolute Gasteiger partial charge is 0.477 e. The number of carboxylic acids is 1. The van der Waals surface area contributed by atoms with Gasteiger partial charge in [0.05, 0.1) is 12.7 Å². The number of aromatic carboxylic acids is 1. The molecule has 1 aliphatic heterocycles. The molecule has 0 aliphatic carbocycles. The summed E-state index contributed by atoms with van der Waals surface area (Å²) in [6.45, 7) is -0.240. The van der Waals surface area contributed by atoms with Crippen LogP contribution in [0.5, 0.6) is 0 Å². The van der Waals surface area contributed by atoms with Gasteiger partial charge in [-0.3, -0.25) is 0 Å². The summed E-state index contributed by atoms with van der Waals surface area (Å²) >= 11 is 0. The lowest BCUT2D eigenvalue weighted by molar-refractivity contribution is -0.0174. The van der Waals surface area contributed by atoms with Crippen molar-refractivity contribution in [1.29, 1.82) is 0 Å². The highest BCUT2D eigenvalue weighted by molar-refractivity contribution is 5.94. The fourth-order valence-corrected chi connectivity index (χ4v) is 2.50. The maximum absolute atomic E-state index is 13.6. The van der Waals surface area contributed by atoms with E-state index in [1.54, 1.807) is 0 Å². The van der Waals surface area contributed by atoms with Crippen LogP contribution in [0.2, 0.25) is 0 Å². The lowest BCUT2D eigenvalue weighted by Gasteiger charge is -2.36. The van der Waals surface area contributed by atoms with Crippen LogP contribution in [0.15, 0.2) is 18.5 Å². The lowest BCUT2D eigenvalue weighted by atomic mass is 10.0. The quantitative estimate of drug-likeness (QED) is 0.842. The Labute approximate surface area is 118 Å². The number of nitrogens with two attached hydrogens (primary N) is 1. The minimum atomic E-state index is -2.89. The van der Waals surface area contributed by atoms with Gasteiger partial charge in [0.15, 0.2) is 5.65 Å². The van der Waals surface area contributed by atoms with Gasteiger partial charge in [0.25, 0.3) is 5.92 Å². The molecule has 21 heavy (non-hydrogen) atoms. The Morgan fingerprint density at radius 2 is 2.29 bits per heavy atom. The van der Waals surface area contributed by atoms with Gasteiger partial charge in [-0.2, -0.15) is 5.10 Å². The molecule has 112 valence electrons. The first kappa shape index (κ1) is 13.7. The molecule has 2 aromatic heterocycles. The Hall–Kier alpha value is -2.29. The number of hydrogen-bond donors (Lipinski definition) is 2. The van der Waals surface area contributed by atoms with Gasteiger partial charge in [-0.1, -0.05) is 0 Å². The third-order valence-corrected chi connectivity index (χ3v) is 3.35. The maximum atomic E-state index is 13.6. The van der Waals surface area contributed by atoms with Crippen LogP contribution in [0.25, 0.3) is 5.65 Å². The number of nitrogens with zero attached hydrogens (tertiary/aromatic N) is 4. The topological polar surface area (TPSA) is 96.8 Å². The highest BCUT2D eigenvalue weighted by atomic mass is 19.3. The zero-order valence-electron chi connectivity index (χ0n) is 10.9. The van der Waals surface area contributed by atoms with Gasteiger partial charge in [0, 0.05) is 25.2 Å². The summed E-state index contributed by atoms with van der Waals surface area (Å²) in [5, 5.41) is 12.9. The summed E-state index contributed by atoms with van der Waals surface area (Å²) in [7, 11) is 0. The molecule has 0 radical (unpaired) electrons. The number of aromatic nitrogens is 3. The Morgan fingerprint density at radius 1 is 1.52 bits per heavy atom. The number of piperidine rings is 1. The van der Waals surface area contributed by atoms with Crippen molar-refractivity contribution in [3.63, 3.8) is 0 Å². The first-order valence-corrected chi connectivity index (χ1v) is 6.32. The zero-order chi connectivity index (χ0) is 15.2. The Kier molecular flexibility index (Phi) is 3.01. The molecule has 0 unspecified atom stereocenters. The van der Waals surface area contributed by atoms with E-state index in [-0.39, 0.29) is 30.0 Å². The van der Waals surface area contributed by atoms with Crippen molar-refractivity contribution in [2.45, 2.75) is 18.4 Å². The normalized spacial score (nSPS) is 21.7. The van der Waals surface area contributed by atoms with Gasteiger partial charge < -0.3 is 15.7 Å². The molecule has 1 saturated heterocycles. The molecule has 0 aromatic carbocycles. The summed E-state index contributed by atoms with van der Waals surface area (Å²) in [6, 6.07) is 0.857. The SMILES string of the molecule is N[C@H]1CN(c2ccn3ncc(C(=O)O)c3n2)CC(F)(F)C1. The van der Waals surface area contributed by atoms with E-state index in [0.29, 0.717) is 0 Å². The lowest BCUT2D eigenvalue weighted by Crippen LogP contribution is -2.52. The van der Waals surface area contributed by atoms with Crippen LogP contribution in [-0.4, -0.2) is 50.7 Å². The van der Waals surface area contributed by atoms with E-state index in [0.717, 1.165) is 0 Å². The molecular weight excluding hydrogens is 284 g/mol. The monoisotopic (exact) mass is 297 g/mol. The molecule has 9 heteroatoms. The van der Waals surface area contributed by atoms with E-state index >= 15 is 0 Å². The fraction of sp³-hybridized carbons (Fsp3) is 0.417. The predicted molar refractivity (Wildman–Crippen MR) is 69.7 cm³/mol. The van der Waals surface area contributed by atoms with Crippen molar-refractivity contribution in [3.8, 4) is 0 Å². The van der Waals surface area contributed by atoms with Crippen LogP contribution in [-0.2, 0) is 0 Å². The Morgan fingerprint density at radius 3 is 2.95 bits per heavy atom. The van der Waals surface area contributed by atoms with Gasteiger partial charge in [-0.15, -0.1) is 0 Å². The van der Waals surface area contributed by atoms with Gasteiger partial charge >= 0.3 is 5.97 Å². The third-order valence-electron chi connectivity index (χ3n) is 3.35. The number of rotatable bonds is 2. The van der Waals surface area contributed by atoms with Crippen LogP contribution < -0.4 is 10.6 Å². The Bertz CT molecular complexity index is 702. The molecule has 0 spiro atoms. The molecular formula is C12H13F2N5O2. The third kappa shape index (κ3) is 2.51. The molecule has 1 aliphatic rings. The van der Waals surface area contributed by atoms with Gasteiger partial charge in [0.1, 0.15) is 11.4 Å². The van der Waals surface area contributed by atoms with E-state index in [9.17, 15) is 13.6 Å². The van der Waals surface area contributed by atoms with Crippen LogP contribution in [0.4, 0.5) is 14.6 Å². The number of anilines is 1. The minimum absolute atomic E-state index is 0.0788. The van der Waals surface area contributed by atoms with E-state index in [1.165, 1.54) is 27.9 Å². The molecule has 0 saturated carbocycles. The molecule has 2 aromatic rings. The number of hydrogen-bond acceptors (Lipinski definition) is 5. The maximum Gasteiger partial charge on any atom is 0.341 e. The van der Waals surface area contributed by atoms with E-state index in [1.807, 2.05) is 0 Å². The molecule has 3 N–H and O–H groups in total. The highest BCUT2D eigenvalue weighted by Crippen LogP contribution is 2.29. The first-order chi connectivity index (χ1) is 9.85. The van der Waals surface area contributed by atoms with E-state index < -0.39 is 24.5 Å². The number of carboxylic acid groups (broad SMARTS) is 1. The van der Waals surface area contributed by atoms with Crippen LogP contribution in [0.1, 0.15) is 16.8 Å². The number of halogens is 2. The number of alkyl halides is 2. The minimum Gasteiger partial charge on any atom is -0.477 e. The summed E-state index contributed by atoms with van der Waals surface area (Å²) < 4.78 is 28.5. The fourth-order valence-electron chi connectivity index (χ4n) is 2.50. The van der Waals surface area contributed by atoms with Crippen molar-refractivity contribution in [3.05, 3.63) is 24.0 Å². The van der Waals surface area contributed by atoms with E-state index in [4.69, 9.17) is 10.8 Å². The van der Waals surface area contributed by atoms with Crippen LogP contribution in [0.3, 0.4) is 0 Å². The summed E-state index contributed by atoms with van der Waals surface area (Å²) in [5.74, 6) is -3.79. The smallest absolute Gasteiger partial charge is 0.341 e. The molecule has 7 nitrogen and oxygen atoms in total. The van der Waals surface area contributed by atoms with Crippen molar-refractivity contribution < 1.29 is 18.7 Å². The second kappa shape index (κ2) is 4.62. The average Bonchev–Trinajstić information content (AvgIpc) is 2.78. The molecule has 0 amide bonds. The molecule has 3 heterocycles. The molecule has 1 fully saturated rings. The first-order valence-electron chi connectivity index (χ1n) is 6.32. The van der Waals surface area contributed by atoms with Crippen molar-refractivity contribution in [2.24, 2.45) is 5.73 Å². The Balaban J connectivity index is 2.00. The van der Waals surface area contributed by atoms with Crippen molar-refractivity contribution >= 4 is 17.4 Å². The molecule has 3 rings (SSSR count). The number of fused-ring (bicyclic) bond motifs is 1. The summed E-state index contributed by atoms with van der Waals surface area (Å²) in [5.41, 5.74) is 5.68. The van der Waals surface area contributed by atoms with Crippen LogP contribution >= 0.6 is 0 Å². The van der Waals surface area contributed by atoms with Gasteiger partial charge in [-0.25, -0.2) is 23.1 Å². The molecule has 0 bridgehead atoms. The number of carbonyl (C=O) groups is 1. The summed E-state index contributed by atoms with van der Waals surface area (Å²) in [4.78, 5) is 16.6. The molecule has 1 atom stereocenters. The second-order valence-electron chi connectivity index (χ2n) is 5.12.